The summed E-state index contributed by atoms with van der Waals surface area (Å²) in [7, 11) is -4.05. The van der Waals surface area contributed by atoms with E-state index in [0.717, 1.165) is 35.2 Å². The third-order valence-electron chi connectivity index (χ3n) is 3.47. The molecule has 3 aromatic rings. The molecule has 0 spiro atoms. The van der Waals surface area contributed by atoms with Crippen LogP contribution in [0.5, 0.6) is 0 Å². The van der Waals surface area contributed by atoms with Gasteiger partial charge in [0.25, 0.3) is 21.6 Å². The van der Waals surface area contributed by atoms with Crippen molar-refractivity contribution in [3.63, 3.8) is 0 Å². The Balaban J connectivity index is 1.72. The maximum atomic E-state index is 12.1. The topological polar surface area (TPSA) is 134 Å². The van der Waals surface area contributed by atoms with E-state index in [1.165, 1.54) is 0 Å². The summed E-state index contributed by atoms with van der Waals surface area (Å²) in [5.74, 6) is -0.637. The number of hydrazine groups is 1. The van der Waals surface area contributed by atoms with Gasteiger partial charge in [0.1, 0.15) is 0 Å². The highest BCUT2D eigenvalue weighted by molar-refractivity contribution is 7.89. The van der Waals surface area contributed by atoms with Gasteiger partial charge in [-0.1, -0.05) is 6.07 Å². The van der Waals surface area contributed by atoms with E-state index in [1.54, 1.807) is 24.4 Å². The van der Waals surface area contributed by atoms with Crippen molar-refractivity contribution in [2.24, 2.45) is 0 Å². The number of nitro groups is 1. The van der Waals surface area contributed by atoms with Crippen LogP contribution >= 0.6 is 0 Å². The Bertz CT molecular complexity index is 1060. The Kier molecular flexibility index (Phi) is 4.21. The van der Waals surface area contributed by atoms with Crippen molar-refractivity contribution < 1.29 is 18.1 Å². The first-order chi connectivity index (χ1) is 11.9. The SMILES string of the molecule is O=C(NNS(=O)(=O)c1ccc([N+](=O)[O-])cc1)c1ccc2cc[nH]c2c1. The number of rotatable bonds is 5. The summed E-state index contributed by atoms with van der Waals surface area (Å²) in [6.07, 6.45) is 1.73. The zero-order valence-corrected chi connectivity index (χ0v) is 13.4. The molecule has 10 heteroatoms. The normalized spacial score (nSPS) is 11.4. The van der Waals surface area contributed by atoms with Gasteiger partial charge >= 0.3 is 0 Å². The van der Waals surface area contributed by atoms with Crippen molar-refractivity contribution >= 4 is 32.5 Å². The number of aromatic amines is 1. The number of nitrogens with one attached hydrogen (secondary N) is 3. The van der Waals surface area contributed by atoms with E-state index in [9.17, 15) is 23.3 Å². The fourth-order valence-corrected chi connectivity index (χ4v) is 3.02. The van der Waals surface area contributed by atoms with Gasteiger partial charge in [-0.3, -0.25) is 20.3 Å². The molecule has 0 aliphatic heterocycles. The number of hydrogen-bond donors (Lipinski definition) is 3. The molecule has 3 rings (SSSR count). The van der Waals surface area contributed by atoms with Crippen molar-refractivity contribution in [1.82, 2.24) is 15.2 Å². The molecule has 9 nitrogen and oxygen atoms in total. The van der Waals surface area contributed by atoms with Crippen LogP contribution in [0, 0.1) is 10.1 Å². The number of nitrogens with zero attached hydrogens (tertiary/aromatic N) is 1. The van der Waals surface area contributed by atoms with Crippen LogP contribution in [-0.2, 0) is 10.0 Å². The van der Waals surface area contributed by atoms with Gasteiger partial charge in [-0.15, -0.1) is 4.83 Å². The number of nitro benzene ring substituents is 1. The van der Waals surface area contributed by atoms with Crippen LogP contribution in [0.1, 0.15) is 10.4 Å². The minimum absolute atomic E-state index is 0.210. The van der Waals surface area contributed by atoms with Crippen molar-refractivity contribution in [2.75, 3.05) is 0 Å². The highest BCUT2D eigenvalue weighted by Crippen LogP contribution is 2.16. The summed E-state index contributed by atoms with van der Waals surface area (Å²) in [6.45, 7) is 0. The second-order valence-corrected chi connectivity index (χ2v) is 6.77. The number of carbonyl (C=O) groups excluding carboxylic acids is 1. The summed E-state index contributed by atoms with van der Waals surface area (Å²) >= 11 is 0. The lowest BCUT2D eigenvalue weighted by atomic mass is 10.1. The summed E-state index contributed by atoms with van der Waals surface area (Å²) in [5.41, 5.74) is 2.88. The van der Waals surface area contributed by atoms with Crippen molar-refractivity contribution in [1.29, 1.82) is 0 Å². The predicted molar refractivity (Wildman–Crippen MR) is 89.2 cm³/mol. The maximum absolute atomic E-state index is 12.1. The minimum atomic E-state index is -4.05. The van der Waals surface area contributed by atoms with Crippen molar-refractivity contribution in [3.05, 3.63) is 70.4 Å². The minimum Gasteiger partial charge on any atom is -0.361 e. The third kappa shape index (κ3) is 3.49. The van der Waals surface area contributed by atoms with Gasteiger partial charge in [0.05, 0.1) is 9.82 Å². The zero-order valence-electron chi connectivity index (χ0n) is 12.6. The molecule has 128 valence electrons. The molecular weight excluding hydrogens is 348 g/mol. The van der Waals surface area contributed by atoms with E-state index >= 15 is 0 Å². The van der Waals surface area contributed by atoms with Gasteiger partial charge in [0.2, 0.25) is 0 Å². The van der Waals surface area contributed by atoms with Gasteiger partial charge in [-0.25, -0.2) is 8.42 Å². The van der Waals surface area contributed by atoms with E-state index < -0.39 is 20.9 Å². The molecule has 0 atom stereocenters. The molecule has 0 saturated heterocycles. The lowest BCUT2D eigenvalue weighted by molar-refractivity contribution is -0.384. The molecule has 1 aromatic heterocycles. The quantitative estimate of drug-likeness (QED) is 0.470. The number of H-pyrrole nitrogens is 1. The van der Waals surface area contributed by atoms with E-state index in [1.807, 2.05) is 10.9 Å². The van der Waals surface area contributed by atoms with E-state index in [4.69, 9.17) is 0 Å². The number of fused-ring (bicyclic) bond motifs is 1. The van der Waals surface area contributed by atoms with Crippen LogP contribution in [0.25, 0.3) is 10.9 Å². The average Bonchev–Trinajstić information content (AvgIpc) is 3.07. The Labute approximate surface area is 141 Å². The molecule has 1 heterocycles. The van der Waals surface area contributed by atoms with Crippen LogP contribution in [0.3, 0.4) is 0 Å². The molecule has 0 saturated carbocycles. The first kappa shape index (κ1) is 16.6. The first-order valence-corrected chi connectivity index (χ1v) is 8.49. The van der Waals surface area contributed by atoms with Gasteiger partial charge in [0, 0.05) is 29.4 Å². The Morgan fingerprint density at radius 2 is 1.80 bits per heavy atom. The summed E-state index contributed by atoms with van der Waals surface area (Å²) < 4.78 is 24.2. The smallest absolute Gasteiger partial charge is 0.269 e. The second kappa shape index (κ2) is 6.34. The van der Waals surface area contributed by atoms with E-state index in [2.05, 4.69) is 10.4 Å². The molecule has 0 unspecified atom stereocenters. The van der Waals surface area contributed by atoms with Crippen LogP contribution < -0.4 is 10.3 Å². The Morgan fingerprint density at radius 1 is 1.08 bits per heavy atom. The van der Waals surface area contributed by atoms with Gasteiger partial charge in [-0.2, -0.15) is 0 Å². The van der Waals surface area contributed by atoms with E-state index in [-0.39, 0.29) is 16.1 Å². The number of carbonyl (C=O) groups is 1. The highest BCUT2D eigenvalue weighted by atomic mass is 32.2. The molecule has 3 N–H and O–H groups in total. The van der Waals surface area contributed by atoms with Crippen LogP contribution in [-0.4, -0.2) is 24.2 Å². The van der Waals surface area contributed by atoms with Crippen molar-refractivity contribution in [3.8, 4) is 0 Å². The molecule has 0 aliphatic carbocycles. The molecule has 2 aromatic carbocycles. The Hall–Kier alpha value is -3.24. The van der Waals surface area contributed by atoms with Gasteiger partial charge in [0.15, 0.2) is 0 Å². The predicted octanol–water partition coefficient (Wildman–Crippen LogP) is 1.70. The third-order valence-corrected chi connectivity index (χ3v) is 4.74. The number of aromatic nitrogens is 1. The molecule has 0 fully saturated rings. The number of sulfonamides is 1. The summed E-state index contributed by atoms with van der Waals surface area (Å²) in [5, 5.41) is 11.5. The van der Waals surface area contributed by atoms with Crippen LogP contribution in [0.4, 0.5) is 5.69 Å². The standard InChI is InChI=1S/C15H12N4O5S/c20-15(11-2-1-10-7-8-16-14(10)9-11)17-18-25(23,24)13-5-3-12(4-6-13)19(21)22/h1-9,16,18H,(H,17,20). The van der Waals surface area contributed by atoms with Gasteiger partial charge < -0.3 is 4.98 Å². The van der Waals surface area contributed by atoms with Gasteiger partial charge in [-0.05, 0) is 35.7 Å². The number of non-ortho nitro benzene ring substituents is 1. The molecule has 1 amide bonds. The lowest BCUT2D eigenvalue weighted by Gasteiger charge is -2.08. The fourth-order valence-electron chi connectivity index (χ4n) is 2.18. The van der Waals surface area contributed by atoms with E-state index in [0.29, 0.717) is 0 Å². The zero-order chi connectivity index (χ0) is 18.0. The first-order valence-electron chi connectivity index (χ1n) is 7.00. The maximum Gasteiger partial charge on any atom is 0.269 e. The van der Waals surface area contributed by atoms with Crippen LogP contribution in [0.2, 0.25) is 0 Å². The highest BCUT2D eigenvalue weighted by Gasteiger charge is 2.17. The average molecular weight is 360 g/mol. The molecule has 0 aliphatic rings. The lowest BCUT2D eigenvalue weighted by Crippen LogP contribution is -2.41. The van der Waals surface area contributed by atoms with Crippen molar-refractivity contribution in [2.45, 2.75) is 4.90 Å². The fraction of sp³-hybridized carbons (Fsp3) is 0. The summed E-state index contributed by atoms with van der Waals surface area (Å²) in [4.78, 5) is 26.7. The second-order valence-electron chi connectivity index (χ2n) is 5.09. The van der Waals surface area contributed by atoms with Crippen LogP contribution in [0.15, 0.2) is 59.6 Å². The largest absolute Gasteiger partial charge is 0.361 e. The monoisotopic (exact) mass is 360 g/mol. The molecule has 0 radical (unpaired) electrons. The number of benzene rings is 2. The number of amides is 1. The number of hydrogen-bond acceptors (Lipinski definition) is 5. The molecular formula is C15H12N4O5S. The Morgan fingerprint density at radius 3 is 2.48 bits per heavy atom. The molecule has 0 bridgehead atoms. The molecule has 25 heavy (non-hydrogen) atoms. The summed E-state index contributed by atoms with van der Waals surface area (Å²) in [6, 6.07) is 11.0.